The Morgan fingerprint density at radius 3 is 2.67 bits per heavy atom. The zero-order valence-electron chi connectivity index (χ0n) is 19.5. The van der Waals surface area contributed by atoms with Crippen LogP contribution in [-0.2, 0) is 15.8 Å². The summed E-state index contributed by atoms with van der Waals surface area (Å²) in [4.78, 5) is 26.8. The number of benzene rings is 2. The van der Waals surface area contributed by atoms with Gasteiger partial charge in [0, 0.05) is 43.8 Å². The topological polar surface area (TPSA) is 88.1 Å². The van der Waals surface area contributed by atoms with E-state index in [9.17, 15) is 22.8 Å². The minimum atomic E-state index is -4.49. The summed E-state index contributed by atoms with van der Waals surface area (Å²) in [5, 5.41) is 11.9. The fourth-order valence-electron chi connectivity index (χ4n) is 4.87. The number of amides is 2. The first-order chi connectivity index (χ1) is 17.1. The number of hydrogen-bond donors (Lipinski definition) is 2. The fraction of sp³-hybridized carbons (Fsp3) is 0.385. The van der Waals surface area contributed by atoms with Gasteiger partial charge in [-0.15, -0.1) is 0 Å². The summed E-state index contributed by atoms with van der Waals surface area (Å²) in [6.07, 6.45) is -0.928. The van der Waals surface area contributed by atoms with E-state index in [1.807, 2.05) is 0 Å². The second-order valence-electron chi connectivity index (χ2n) is 9.38. The molecule has 0 aromatic heterocycles. The molecule has 0 radical (unpaired) electrons. The molecule has 7 nitrogen and oxygen atoms in total. The SMILES string of the molecule is CN1C(=O)C(CCO)Oc2ccc(NC(=O)/C=C3\CC4(CCC4)Oc4cc(C(F)(F)F)ccc43)cc21. The van der Waals surface area contributed by atoms with Crippen LogP contribution in [0.25, 0.3) is 5.57 Å². The van der Waals surface area contributed by atoms with Gasteiger partial charge >= 0.3 is 6.18 Å². The molecule has 1 spiro atoms. The number of likely N-dealkylation sites (N-methyl/N-ethyl adjacent to an activating group) is 1. The third-order valence-electron chi connectivity index (χ3n) is 6.92. The highest BCUT2D eigenvalue weighted by atomic mass is 19.4. The molecule has 2 aliphatic heterocycles. The number of nitrogens with one attached hydrogen (secondary N) is 1. The van der Waals surface area contributed by atoms with Crippen molar-refractivity contribution in [1.82, 2.24) is 0 Å². The van der Waals surface area contributed by atoms with E-state index in [1.165, 1.54) is 17.0 Å². The van der Waals surface area contributed by atoms with Gasteiger partial charge < -0.3 is 24.8 Å². The molecule has 2 aromatic carbocycles. The van der Waals surface area contributed by atoms with E-state index in [0.717, 1.165) is 18.6 Å². The monoisotopic (exact) mass is 502 g/mol. The van der Waals surface area contributed by atoms with E-state index in [4.69, 9.17) is 14.6 Å². The standard InChI is InChI=1S/C26H25F3N2O5/c1-31-19-13-17(4-6-20(19)35-21(7-10-32)24(31)34)30-23(33)11-15-14-25(8-2-9-25)36-22-12-16(26(27,28)29)3-5-18(15)22/h3-6,11-13,21,32H,2,7-10,14H2,1H3,(H,30,33)/b15-11+. The van der Waals surface area contributed by atoms with Crippen molar-refractivity contribution in [3.8, 4) is 11.5 Å². The first-order valence-electron chi connectivity index (χ1n) is 11.7. The van der Waals surface area contributed by atoms with Crippen LogP contribution in [-0.4, -0.2) is 42.3 Å². The number of ether oxygens (including phenoxy) is 2. The van der Waals surface area contributed by atoms with Crippen LogP contribution >= 0.6 is 0 Å². The largest absolute Gasteiger partial charge is 0.486 e. The van der Waals surface area contributed by atoms with Crippen LogP contribution in [0.5, 0.6) is 11.5 Å². The second kappa shape index (κ2) is 8.85. The first kappa shape index (κ1) is 24.2. The molecular weight excluding hydrogens is 477 g/mol. The van der Waals surface area contributed by atoms with Crippen molar-refractivity contribution < 1.29 is 37.3 Å². The highest BCUT2D eigenvalue weighted by Crippen LogP contribution is 2.50. The smallest absolute Gasteiger partial charge is 0.416 e. The summed E-state index contributed by atoms with van der Waals surface area (Å²) in [6, 6.07) is 8.23. The lowest BCUT2D eigenvalue weighted by Gasteiger charge is -2.46. The molecule has 1 unspecified atom stereocenters. The van der Waals surface area contributed by atoms with E-state index >= 15 is 0 Å². The normalized spacial score (nSPS) is 21.2. The number of halogens is 3. The Hall–Kier alpha value is -3.53. The van der Waals surface area contributed by atoms with Crippen LogP contribution in [0.15, 0.2) is 42.5 Å². The number of aliphatic hydroxyl groups excluding tert-OH is 1. The number of alkyl halides is 3. The van der Waals surface area contributed by atoms with Gasteiger partial charge in [-0.2, -0.15) is 13.2 Å². The van der Waals surface area contributed by atoms with Crippen LogP contribution < -0.4 is 19.7 Å². The van der Waals surface area contributed by atoms with E-state index < -0.39 is 29.4 Å². The van der Waals surface area contributed by atoms with Gasteiger partial charge in [-0.25, -0.2) is 0 Å². The summed E-state index contributed by atoms with van der Waals surface area (Å²) in [6.45, 7) is -0.185. The molecule has 5 rings (SSSR count). The maximum Gasteiger partial charge on any atom is 0.416 e. The van der Waals surface area contributed by atoms with Crippen molar-refractivity contribution in [2.45, 2.75) is 50.0 Å². The Morgan fingerprint density at radius 2 is 2.00 bits per heavy atom. The molecule has 1 aliphatic carbocycles. The Balaban J connectivity index is 1.40. The van der Waals surface area contributed by atoms with Crippen molar-refractivity contribution in [2.75, 3.05) is 23.9 Å². The molecule has 2 aromatic rings. The Bertz CT molecular complexity index is 1250. The van der Waals surface area contributed by atoms with E-state index in [0.29, 0.717) is 47.5 Å². The molecule has 1 saturated carbocycles. The van der Waals surface area contributed by atoms with Crippen molar-refractivity contribution in [1.29, 1.82) is 0 Å². The highest BCUT2D eigenvalue weighted by Gasteiger charge is 2.44. The van der Waals surface area contributed by atoms with Gasteiger partial charge in [0.25, 0.3) is 5.91 Å². The molecule has 36 heavy (non-hydrogen) atoms. The maximum absolute atomic E-state index is 13.2. The minimum Gasteiger partial charge on any atom is -0.486 e. The molecular formula is C26H25F3N2O5. The molecule has 190 valence electrons. The molecule has 3 aliphatic rings. The molecule has 2 amide bonds. The summed E-state index contributed by atoms with van der Waals surface area (Å²) in [5.74, 6) is -0.156. The molecule has 1 atom stereocenters. The van der Waals surface area contributed by atoms with E-state index in [1.54, 1.807) is 25.2 Å². The van der Waals surface area contributed by atoms with Crippen molar-refractivity contribution >= 4 is 28.8 Å². The fourth-order valence-corrected chi connectivity index (χ4v) is 4.87. The van der Waals surface area contributed by atoms with Crippen LogP contribution in [0, 0.1) is 0 Å². The Kier molecular flexibility index (Phi) is 5.94. The minimum absolute atomic E-state index is 0.137. The third-order valence-corrected chi connectivity index (χ3v) is 6.92. The Morgan fingerprint density at radius 1 is 1.22 bits per heavy atom. The van der Waals surface area contributed by atoms with Crippen molar-refractivity contribution in [3.63, 3.8) is 0 Å². The van der Waals surface area contributed by atoms with Crippen molar-refractivity contribution in [2.24, 2.45) is 0 Å². The lowest BCUT2D eigenvalue weighted by atomic mass is 9.72. The van der Waals surface area contributed by atoms with Crippen molar-refractivity contribution in [3.05, 3.63) is 53.6 Å². The second-order valence-corrected chi connectivity index (χ2v) is 9.38. The van der Waals surface area contributed by atoms with E-state index in [2.05, 4.69) is 5.32 Å². The maximum atomic E-state index is 13.2. The first-order valence-corrected chi connectivity index (χ1v) is 11.7. The van der Waals surface area contributed by atoms with Crippen LogP contribution in [0.1, 0.15) is 43.2 Å². The average molecular weight is 502 g/mol. The number of anilines is 2. The number of hydrogen-bond acceptors (Lipinski definition) is 5. The number of aliphatic hydroxyl groups is 1. The van der Waals surface area contributed by atoms with Gasteiger partial charge in [-0.05, 0) is 55.2 Å². The van der Waals surface area contributed by atoms with Gasteiger partial charge in [0.2, 0.25) is 5.91 Å². The lowest BCUT2D eigenvalue weighted by Crippen LogP contribution is -2.45. The molecule has 1 fully saturated rings. The lowest BCUT2D eigenvalue weighted by molar-refractivity contribution is -0.138. The predicted octanol–water partition coefficient (Wildman–Crippen LogP) is 4.54. The quantitative estimate of drug-likeness (QED) is 0.600. The summed E-state index contributed by atoms with van der Waals surface area (Å²) in [5.41, 5.74) is 0.609. The number of rotatable bonds is 4. The summed E-state index contributed by atoms with van der Waals surface area (Å²) < 4.78 is 51.4. The number of carbonyl (C=O) groups excluding carboxylic acids is 2. The highest BCUT2D eigenvalue weighted by molar-refractivity contribution is 6.06. The van der Waals surface area contributed by atoms with Gasteiger partial charge in [0.05, 0.1) is 11.3 Å². The van der Waals surface area contributed by atoms with Gasteiger partial charge in [0.15, 0.2) is 6.10 Å². The molecule has 0 saturated heterocycles. The average Bonchev–Trinajstić information content (AvgIpc) is 2.81. The zero-order chi connectivity index (χ0) is 25.7. The number of nitrogens with zero attached hydrogens (tertiary/aromatic N) is 1. The van der Waals surface area contributed by atoms with E-state index in [-0.39, 0.29) is 24.7 Å². The van der Waals surface area contributed by atoms with Crippen LogP contribution in [0.3, 0.4) is 0 Å². The number of fused-ring (bicyclic) bond motifs is 2. The Labute approximate surface area is 205 Å². The molecule has 2 N–H and O–H groups in total. The van der Waals surface area contributed by atoms with Gasteiger partial charge in [-0.3, -0.25) is 9.59 Å². The van der Waals surface area contributed by atoms with Gasteiger partial charge in [-0.1, -0.05) is 6.07 Å². The van der Waals surface area contributed by atoms with Gasteiger partial charge in [0.1, 0.15) is 17.1 Å². The zero-order valence-corrected chi connectivity index (χ0v) is 19.5. The summed E-state index contributed by atoms with van der Waals surface area (Å²) in [7, 11) is 1.59. The predicted molar refractivity (Wildman–Crippen MR) is 126 cm³/mol. The molecule has 2 heterocycles. The van der Waals surface area contributed by atoms with Crippen LogP contribution in [0.2, 0.25) is 0 Å². The molecule has 0 bridgehead atoms. The molecule has 10 heteroatoms. The summed E-state index contributed by atoms with van der Waals surface area (Å²) >= 11 is 0. The number of carbonyl (C=O) groups is 2. The van der Waals surface area contributed by atoms with Crippen LogP contribution in [0.4, 0.5) is 24.5 Å². The third kappa shape index (κ3) is 4.41.